The van der Waals surface area contributed by atoms with Crippen LogP contribution in [0.5, 0.6) is 0 Å². The summed E-state index contributed by atoms with van der Waals surface area (Å²) < 4.78 is 0. The lowest BCUT2D eigenvalue weighted by molar-refractivity contribution is 0.263. The molecule has 1 spiro atoms. The van der Waals surface area contributed by atoms with Crippen LogP contribution in [-0.4, -0.2) is 36.1 Å². The van der Waals surface area contributed by atoms with Crippen LogP contribution in [0.25, 0.3) is 0 Å². The molecule has 5 heteroatoms. The van der Waals surface area contributed by atoms with Gasteiger partial charge in [0.1, 0.15) is 17.7 Å². The minimum atomic E-state index is 0.325. The van der Waals surface area contributed by atoms with E-state index in [9.17, 15) is 0 Å². The maximum Gasteiger partial charge on any atom is 0.128 e. The van der Waals surface area contributed by atoms with E-state index in [4.69, 9.17) is 5.26 Å². The van der Waals surface area contributed by atoms with E-state index in [0.29, 0.717) is 11.0 Å². The molecule has 0 aliphatic carbocycles. The SMILES string of the molecule is N#Cc1ccc(N2CC[C@@]3(CCCN(c4ccccn4)C3)C2)nc1. The van der Waals surface area contributed by atoms with E-state index in [1.54, 1.807) is 6.20 Å². The molecule has 1 atom stereocenters. The molecule has 4 heterocycles. The minimum absolute atomic E-state index is 0.325. The van der Waals surface area contributed by atoms with Gasteiger partial charge in [0.25, 0.3) is 0 Å². The Bertz CT molecular complexity index is 737. The van der Waals surface area contributed by atoms with Crippen LogP contribution in [0.1, 0.15) is 24.8 Å². The van der Waals surface area contributed by atoms with Crippen molar-refractivity contribution in [3.8, 4) is 6.07 Å². The van der Waals surface area contributed by atoms with E-state index in [-0.39, 0.29) is 0 Å². The monoisotopic (exact) mass is 319 g/mol. The standard InChI is InChI=1S/C19H21N5/c20-12-16-5-6-18(22-13-16)24-11-8-19(15-24)7-3-10-23(14-19)17-4-1-2-9-21-17/h1-2,4-6,9,13H,3,7-8,10-11,14-15H2/t19-/m1/s1. The van der Waals surface area contributed by atoms with Gasteiger partial charge in [0, 0.05) is 44.0 Å². The van der Waals surface area contributed by atoms with Crippen molar-refractivity contribution in [1.82, 2.24) is 9.97 Å². The van der Waals surface area contributed by atoms with Crippen molar-refractivity contribution in [3.05, 3.63) is 48.3 Å². The maximum absolute atomic E-state index is 8.91. The van der Waals surface area contributed by atoms with E-state index in [1.807, 2.05) is 24.4 Å². The largest absolute Gasteiger partial charge is 0.356 e. The Hall–Kier alpha value is -2.61. The van der Waals surface area contributed by atoms with E-state index < -0.39 is 0 Å². The Balaban J connectivity index is 1.49. The lowest BCUT2D eigenvalue weighted by Gasteiger charge is -2.41. The van der Waals surface area contributed by atoms with Gasteiger partial charge in [0.15, 0.2) is 0 Å². The van der Waals surface area contributed by atoms with Crippen LogP contribution in [0.2, 0.25) is 0 Å². The Morgan fingerprint density at radius 2 is 1.79 bits per heavy atom. The summed E-state index contributed by atoms with van der Waals surface area (Å²) >= 11 is 0. The van der Waals surface area contributed by atoms with Crippen molar-refractivity contribution in [1.29, 1.82) is 5.26 Å². The van der Waals surface area contributed by atoms with Gasteiger partial charge in [-0.2, -0.15) is 5.26 Å². The average molecular weight is 319 g/mol. The lowest BCUT2D eigenvalue weighted by Crippen LogP contribution is -2.45. The number of hydrogen-bond acceptors (Lipinski definition) is 5. The molecule has 0 aromatic carbocycles. The molecule has 5 nitrogen and oxygen atoms in total. The van der Waals surface area contributed by atoms with Gasteiger partial charge in [-0.25, -0.2) is 9.97 Å². The zero-order chi connectivity index (χ0) is 16.4. The molecule has 0 N–H and O–H groups in total. The average Bonchev–Trinajstić information content (AvgIpc) is 3.06. The highest BCUT2D eigenvalue weighted by molar-refractivity contribution is 5.45. The topological polar surface area (TPSA) is 56.1 Å². The first-order valence-electron chi connectivity index (χ1n) is 8.55. The highest BCUT2D eigenvalue weighted by Crippen LogP contribution is 2.41. The molecule has 2 saturated heterocycles. The summed E-state index contributed by atoms with van der Waals surface area (Å²) in [5.41, 5.74) is 0.942. The van der Waals surface area contributed by atoms with Gasteiger partial charge in [-0.15, -0.1) is 0 Å². The number of aromatic nitrogens is 2. The molecule has 4 rings (SSSR count). The van der Waals surface area contributed by atoms with Crippen molar-refractivity contribution < 1.29 is 0 Å². The van der Waals surface area contributed by atoms with E-state index in [0.717, 1.165) is 37.8 Å². The van der Waals surface area contributed by atoms with Crippen molar-refractivity contribution in [2.45, 2.75) is 19.3 Å². The number of anilines is 2. The Morgan fingerprint density at radius 1 is 0.958 bits per heavy atom. The molecule has 2 aliphatic heterocycles. The quantitative estimate of drug-likeness (QED) is 0.852. The molecule has 0 radical (unpaired) electrons. The van der Waals surface area contributed by atoms with Crippen LogP contribution in [-0.2, 0) is 0 Å². The fourth-order valence-corrected chi connectivity index (χ4v) is 4.05. The molecule has 2 aromatic rings. The second-order valence-electron chi connectivity index (χ2n) is 6.90. The third-order valence-electron chi connectivity index (χ3n) is 5.27. The van der Waals surface area contributed by atoms with E-state index in [2.05, 4.69) is 38.0 Å². The van der Waals surface area contributed by atoms with Crippen molar-refractivity contribution in [2.75, 3.05) is 36.0 Å². The van der Waals surface area contributed by atoms with Gasteiger partial charge in [-0.05, 0) is 43.5 Å². The van der Waals surface area contributed by atoms with Crippen molar-refractivity contribution in [3.63, 3.8) is 0 Å². The summed E-state index contributed by atoms with van der Waals surface area (Å²) in [6, 6.07) is 12.1. The molecule has 0 unspecified atom stereocenters. The number of hydrogen-bond donors (Lipinski definition) is 0. The van der Waals surface area contributed by atoms with Gasteiger partial charge in [0.05, 0.1) is 5.56 Å². The Morgan fingerprint density at radius 3 is 2.50 bits per heavy atom. The molecule has 2 fully saturated rings. The molecule has 0 bridgehead atoms. The predicted molar refractivity (Wildman–Crippen MR) is 93.9 cm³/mol. The summed E-state index contributed by atoms with van der Waals surface area (Å²) in [4.78, 5) is 13.8. The second-order valence-corrected chi connectivity index (χ2v) is 6.90. The van der Waals surface area contributed by atoms with E-state index >= 15 is 0 Å². The van der Waals surface area contributed by atoms with Crippen LogP contribution >= 0.6 is 0 Å². The maximum atomic E-state index is 8.91. The second kappa shape index (κ2) is 6.12. The zero-order valence-corrected chi connectivity index (χ0v) is 13.7. The highest BCUT2D eigenvalue weighted by atomic mass is 15.3. The summed E-state index contributed by atoms with van der Waals surface area (Å²) in [6.45, 7) is 4.23. The summed E-state index contributed by atoms with van der Waals surface area (Å²) in [7, 11) is 0. The third-order valence-corrected chi connectivity index (χ3v) is 5.27. The van der Waals surface area contributed by atoms with Crippen LogP contribution in [0, 0.1) is 16.7 Å². The van der Waals surface area contributed by atoms with E-state index in [1.165, 1.54) is 19.3 Å². The Labute approximate surface area is 142 Å². The number of piperidine rings is 1. The molecule has 24 heavy (non-hydrogen) atoms. The van der Waals surface area contributed by atoms with Crippen LogP contribution in [0.15, 0.2) is 42.7 Å². The fourth-order valence-electron chi connectivity index (χ4n) is 4.05. The normalized spacial score (nSPS) is 23.5. The zero-order valence-electron chi connectivity index (χ0n) is 13.7. The summed E-state index contributed by atoms with van der Waals surface area (Å²) in [5, 5.41) is 8.91. The smallest absolute Gasteiger partial charge is 0.128 e. The highest BCUT2D eigenvalue weighted by Gasteiger charge is 2.42. The number of nitriles is 1. The summed E-state index contributed by atoms with van der Waals surface area (Å²) in [5.74, 6) is 2.08. The van der Waals surface area contributed by atoms with Crippen LogP contribution in [0.3, 0.4) is 0 Å². The fraction of sp³-hybridized carbons (Fsp3) is 0.421. The predicted octanol–water partition coefficient (Wildman–Crippen LogP) is 2.85. The number of nitrogens with zero attached hydrogens (tertiary/aromatic N) is 5. The molecule has 122 valence electrons. The molecule has 0 saturated carbocycles. The van der Waals surface area contributed by atoms with Gasteiger partial charge in [-0.1, -0.05) is 6.07 Å². The molecule has 2 aromatic heterocycles. The third kappa shape index (κ3) is 2.80. The first kappa shape index (κ1) is 14.9. The summed E-state index contributed by atoms with van der Waals surface area (Å²) in [6.07, 6.45) is 7.21. The lowest BCUT2D eigenvalue weighted by atomic mass is 9.79. The molecular weight excluding hydrogens is 298 g/mol. The first-order chi connectivity index (χ1) is 11.8. The van der Waals surface area contributed by atoms with Gasteiger partial charge in [-0.3, -0.25) is 0 Å². The van der Waals surface area contributed by atoms with Gasteiger partial charge >= 0.3 is 0 Å². The van der Waals surface area contributed by atoms with Gasteiger partial charge in [0.2, 0.25) is 0 Å². The molecule has 2 aliphatic rings. The minimum Gasteiger partial charge on any atom is -0.356 e. The molecular formula is C19H21N5. The van der Waals surface area contributed by atoms with Crippen molar-refractivity contribution >= 4 is 11.6 Å². The Kier molecular flexibility index (Phi) is 3.81. The molecule has 0 amide bonds. The van der Waals surface area contributed by atoms with Crippen LogP contribution < -0.4 is 9.80 Å². The van der Waals surface area contributed by atoms with Crippen LogP contribution in [0.4, 0.5) is 11.6 Å². The number of pyridine rings is 2. The first-order valence-corrected chi connectivity index (χ1v) is 8.55. The van der Waals surface area contributed by atoms with Gasteiger partial charge < -0.3 is 9.80 Å². The number of rotatable bonds is 2. The van der Waals surface area contributed by atoms with Crippen molar-refractivity contribution in [2.24, 2.45) is 5.41 Å².